The van der Waals surface area contributed by atoms with Crippen LogP contribution in [0.4, 0.5) is 11.6 Å². The van der Waals surface area contributed by atoms with E-state index < -0.39 is 0 Å². The van der Waals surface area contributed by atoms with Gasteiger partial charge in [-0.2, -0.15) is 0 Å². The Morgan fingerprint density at radius 2 is 1.93 bits per heavy atom. The van der Waals surface area contributed by atoms with E-state index in [-0.39, 0.29) is 11.3 Å². The van der Waals surface area contributed by atoms with Crippen molar-refractivity contribution in [2.45, 2.75) is 33.1 Å². The standard InChI is InChI=1S/C21H30N4O3/c1-5-27-17-9-7-6-8-16(17)25-12-10-24(11-13-25)15-19(26)22-20-14-18(23-28-20)21(2,3)4/h6-9,14H,5,10-13,15H2,1-4H3,(H,22,26). The molecule has 0 bridgehead atoms. The van der Waals surface area contributed by atoms with Gasteiger partial charge in [-0.05, 0) is 19.1 Å². The maximum absolute atomic E-state index is 12.4. The van der Waals surface area contributed by atoms with Crippen molar-refractivity contribution in [2.75, 3.05) is 49.5 Å². The molecule has 0 saturated carbocycles. The normalized spacial score (nSPS) is 15.5. The molecule has 0 spiro atoms. The molecule has 1 N–H and O–H groups in total. The lowest BCUT2D eigenvalue weighted by Crippen LogP contribution is -2.48. The van der Waals surface area contributed by atoms with Crippen LogP contribution in [0.3, 0.4) is 0 Å². The van der Waals surface area contributed by atoms with Gasteiger partial charge in [0, 0.05) is 37.7 Å². The van der Waals surface area contributed by atoms with Gasteiger partial charge in [0.1, 0.15) is 5.75 Å². The number of piperazine rings is 1. The van der Waals surface area contributed by atoms with Crippen LogP contribution in [0.5, 0.6) is 5.75 Å². The summed E-state index contributed by atoms with van der Waals surface area (Å²) < 4.78 is 11.0. The second kappa shape index (κ2) is 8.65. The molecule has 2 aromatic rings. The second-order valence-corrected chi connectivity index (χ2v) is 8.04. The average molecular weight is 386 g/mol. The average Bonchev–Trinajstić information content (AvgIpc) is 3.12. The first-order valence-electron chi connectivity index (χ1n) is 9.83. The summed E-state index contributed by atoms with van der Waals surface area (Å²) in [6.07, 6.45) is 0. The SMILES string of the molecule is CCOc1ccccc1N1CCN(CC(=O)Nc2cc(C(C)(C)C)no2)CC1. The number of rotatable bonds is 6. The van der Waals surface area contributed by atoms with Crippen molar-refractivity contribution < 1.29 is 14.1 Å². The van der Waals surface area contributed by atoms with Crippen LogP contribution in [0.2, 0.25) is 0 Å². The number of aromatic nitrogens is 1. The van der Waals surface area contributed by atoms with E-state index in [1.54, 1.807) is 6.07 Å². The molecule has 0 unspecified atom stereocenters. The predicted octanol–water partition coefficient (Wildman–Crippen LogP) is 3.13. The first-order valence-corrected chi connectivity index (χ1v) is 9.83. The van der Waals surface area contributed by atoms with Gasteiger partial charge in [-0.1, -0.05) is 38.1 Å². The fourth-order valence-corrected chi connectivity index (χ4v) is 3.21. The molecule has 7 nitrogen and oxygen atoms in total. The molecule has 7 heteroatoms. The van der Waals surface area contributed by atoms with Crippen LogP contribution in [0.25, 0.3) is 0 Å². The minimum atomic E-state index is -0.111. The van der Waals surface area contributed by atoms with Crippen LogP contribution in [0.15, 0.2) is 34.9 Å². The van der Waals surface area contributed by atoms with Crippen LogP contribution in [-0.4, -0.2) is 55.3 Å². The second-order valence-electron chi connectivity index (χ2n) is 8.04. The minimum Gasteiger partial charge on any atom is -0.492 e. The summed E-state index contributed by atoms with van der Waals surface area (Å²) in [6, 6.07) is 9.90. The Labute approximate surface area is 166 Å². The Bertz CT molecular complexity index is 789. The molecule has 3 rings (SSSR count). The van der Waals surface area contributed by atoms with Gasteiger partial charge in [0.2, 0.25) is 11.8 Å². The Hall–Kier alpha value is -2.54. The van der Waals surface area contributed by atoms with E-state index in [1.807, 2.05) is 25.1 Å². The Morgan fingerprint density at radius 1 is 1.21 bits per heavy atom. The van der Waals surface area contributed by atoms with Crippen molar-refractivity contribution in [3.8, 4) is 5.75 Å². The number of benzene rings is 1. The molecule has 0 aliphatic carbocycles. The largest absolute Gasteiger partial charge is 0.492 e. The van der Waals surface area contributed by atoms with E-state index >= 15 is 0 Å². The van der Waals surface area contributed by atoms with Crippen molar-refractivity contribution in [3.63, 3.8) is 0 Å². The number of ether oxygens (including phenoxy) is 1. The van der Waals surface area contributed by atoms with Gasteiger partial charge in [0.15, 0.2) is 0 Å². The number of carbonyl (C=O) groups excluding carboxylic acids is 1. The van der Waals surface area contributed by atoms with Gasteiger partial charge < -0.3 is 14.2 Å². The van der Waals surface area contributed by atoms with E-state index in [4.69, 9.17) is 9.26 Å². The highest BCUT2D eigenvalue weighted by Crippen LogP contribution is 2.29. The minimum absolute atomic E-state index is 0.0835. The first kappa shape index (κ1) is 20.2. The van der Waals surface area contributed by atoms with Crippen LogP contribution < -0.4 is 15.0 Å². The van der Waals surface area contributed by atoms with Gasteiger partial charge in [0.05, 0.1) is 24.5 Å². The van der Waals surface area contributed by atoms with Crippen molar-refractivity contribution in [1.29, 1.82) is 0 Å². The number of hydrogen-bond donors (Lipinski definition) is 1. The third-order valence-corrected chi connectivity index (χ3v) is 4.79. The fraction of sp³-hybridized carbons (Fsp3) is 0.524. The third-order valence-electron chi connectivity index (χ3n) is 4.79. The molecule has 1 fully saturated rings. The number of carbonyl (C=O) groups is 1. The molecule has 2 heterocycles. The Kier molecular flexibility index (Phi) is 6.24. The molecule has 1 aliphatic heterocycles. The summed E-state index contributed by atoms with van der Waals surface area (Å²) >= 11 is 0. The van der Waals surface area contributed by atoms with Gasteiger partial charge in [-0.25, -0.2) is 0 Å². The maximum Gasteiger partial charge on any atom is 0.240 e. The van der Waals surface area contributed by atoms with Crippen molar-refractivity contribution in [3.05, 3.63) is 36.0 Å². The molecule has 0 atom stereocenters. The topological polar surface area (TPSA) is 70.8 Å². The zero-order chi connectivity index (χ0) is 20.1. The molecule has 1 aromatic carbocycles. The van der Waals surface area contributed by atoms with Crippen molar-refractivity contribution >= 4 is 17.5 Å². The third kappa shape index (κ3) is 5.04. The molecule has 1 aromatic heterocycles. The molecular formula is C21H30N4O3. The summed E-state index contributed by atoms with van der Waals surface area (Å²) in [5.41, 5.74) is 1.83. The molecule has 152 valence electrons. The number of nitrogens with zero attached hydrogens (tertiary/aromatic N) is 3. The first-order chi connectivity index (χ1) is 13.4. The lowest BCUT2D eigenvalue weighted by Gasteiger charge is -2.36. The van der Waals surface area contributed by atoms with Gasteiger partial charge >= 0.3 is 0 Å². The number of para-hydroxylation sites is 2. The lowest BCUT2D eigenvalue weighted by molar-refractivity contribution is -0.117. The summed E-state index contributed by atoms with van der Waals surface area (Å²) in [7, 11) is 0. The van der Waals surface area contributed by atoms with Crippen LogP contribution >= 0.6 is 0 Å². The van der Waals surface area contributed by atoms with Gasteiger partial charge in [0.25, 0.3) is 0 Å². The Balaban J connectivity index is 1.50. The van der Waals surface area contributed by atoms with Crippen LogP contribution in [-0.2, 0) is 10.2 Å². The quantitative estimate of drug-likeness (QED) is 0.822. The summed E-state index contributed by atoms with van der Waals surface area (Å²) in [5.74, 6) is 1.23. The van der Waals surface area contributed by atoms with Crippen LogP contribution in [0, 0.1) is 0 Å². The summed E-state index contributed by atoms with van der Waals surface area (Å²) in [6.45, 7) is 12.5. The number of amides is 1. The smallest absolute Gasteiger partial charge is 0.240 e. The van der Waals surface area contributed by atoms with Crippen LogP contribution in [0.1, 0.15) is 33.4 Å². The van der Waals surface area contributed by atoms with E-state index in [2.05, 4.69) is 47.1 Å². The number of hydrogen-bond acceptors (Lipinski definition) is 6. The molecule has 1 aliphatic rings. The van der Waals surface area contributed by atoms with E-state index in [9.17, 15) is 4.79 Å². The van der Waals surface area contributed by atoms with Gasteiger partial charge in [-0.15, -0.1) is 0 Å². The zero-order valence-electron chi connectivity index (χ0n) is 17.2. The molecule has 1 amide bonds. The summed E-state index contributed by atoms with van der Waals surface area (Å²) in [5, 5.41) is 6.84. The number of anilines is 2. The van der Waals surface area contributed by atoms with E-state index in [0.717, 1.165) is 43.3 Å². The molecule has 28 heavy (non-hydrogen) atoms. The van der Waals surface area contributed by atoms with Crippen molar-refractivity contribution in [1.82, 2.24) is 10.1 Å². The molecule has 0 radical (unpaired) electrons. The monoisotopic (exact) mass is 386 g/mol. The number of nitrogens with one attached hydrogen (secondary N) is 1. The van der Waals surface area contributed by atoms with E-state index in [0.29, 0.717) is 19.0 Å². The highest BCUT2D eigenvalue weighted by Gasteiger charge is 2.23. The molecule has 1 saturated heterocycles. The fourth-order valence-electron chi connectivity index (χ4n) is 3.21. The molecular weight excluding hydrogens is 356 g/mol. The highest BCUT2D eigenvalue weighted by molar-refractivity contribution is 5.91. The predicted molar refractivity (Wildman–Crippen MR) is 110 cm³/mol. The lowest BCUT2D eigenvalue weighted by atomic mass is 9.92. The highest BCUT2D eigenvalue weighted by atomic mass is 16.5. The summed E-state index contributed by atoms with van der Waals surface area (Å²) in [4.78, 5) is 16.8. The Morgan fingerprint density at radius 3 is 2.57 bits per heavy atom. The van der Waals surface area contributed by atoms with Crippen molar-refractivity contribution in [2.24, 2.45) is 0 Å². The van der Waals surface area contributed by atoms with Gasteiger partial charge in [-0.3, -0.25) is 15.0 Å². The maximum atomic E-state index is 12.4. The zero-order valence-corrected chi connectivity index (χ0v) is 17.2. The van der Waals surface area contributed by atoms with E-state index in [1.165, 1.54) is 0 Å².